The standard InChI is InChI=1S/C15H14N4OS/c1-4-13-18-19-11(8-16)14(17-15(19)21-13)10-5-6-12(20-3)9(2)7-10/h5-7H,4H2,1-3H3. The lowest BCUT2D eigenvalue weighted by molar-refractivity contribution is 0.412. The summed E-state index contributed by atoms with van der Waals surface area (Å²) < 4.78 is 6.90. The Morgan fingerprint density at radius 3 is 2.86 bits per heavy atom. The van der Waals surface area contributed by atoms with E-state index in [4.69, 9.17) is 4.74 Å². The second-order valence-electron chi connectivity index (χ2n) is 4.65. The van der Waals surface area contributed by atoms with Crippen molar-refractivity contribution in [1.29, 1.82) is 5.26 Å². The number of hydrogen-bond donors (Lipinski definition) is 0. The van der Waals surface area contributed by atoms with Gasteiger partial charge in [0.25, 0.3) is 0 Å². The van der Waals surface area contributed by atoms with E-state index in [0.29, 0.717) is 11.4 Å². The third-order valence-electron chi connectivity index (χ3n) is 3.32. The van der Waals surface area contributed by atoms with Gasteiger partial charge in [-0.15, -0.1) is 0 Å². The number of rotatable bonds is 3. The van der Waals surface area contributed by atoms with Crippen molar-refractivity contribution >= 4 is 16.3 Å². The van der Waals surface area contributed by atoms with Crippen molar-refractivity contribution in [2.75, 3.05) is 7.11 Å². The lowest BCUT2D eigenvalue weighted by Gasteiger charge is -2.06. The molecule has 0 aliphatic rings. The molecule has 0 aliphatic heterocycles. The zero-order chi connectivity index (χ0) is 15.0. The zero-order valence-corrected chi connectivity index (χ0v) is 12.9. The number of fused-ring (bicyclic) bond motifs is 1. The predicted octanol–water partition coefficient (Wildman–Crippen LogP) is 3.21. The van der Waals surface area contributed by atoms with E-state index in [1.165, 1.54) is 11.3 Å². The van der Waals surface area contributed by atoms with Crippen LogP contribution in [0.2, 0.25) is 0 Å². The third kappa shape index (κ3) is 2.16. The largest absolute Gasteiger partial charge is 0.496 e. The fourth-order valence-electron chi connectivity index (χ4n) is 2.26. The minimum Gasteiger partial charge on any atom is -0.496 e. The minimum absolute atomic E-state index is 0.477. The van der Waals surface area contributed by atoms with Gasteiger partial charge in [-0.25, -0.2) is 4.98 Å². The first-order valence-electron chi connectivity index (χ1n) is 6.61. The van der Waals surface area contributed by atoms with Gasteiger partial charge in [-0.2, -0.15) is 14.9 Å². The monoisotopic (exact) mass is 298 g/mol. The van der Waals surface area contributed by atoms with Gasteiger partial charge in [0.2, 0.25) is 4.96 Å². The molecule has 21 heavy (non-hydrogen) atoms. The molecule has 0 amide bonds. The molecule has 0 radical (unpaired) electrons. The first kappa shape index (κ1) is 13.6. The van der Waals surface area contributed by atoms with Gasteiger partial charge < -0.3 is 4.74 Å². The van der Waals surface area contributed by atoms with E-state index < -0.39 is 0 Å². The van der Waals surface area contributed by atoms with E-state index in [1.807, 2.05) is 32.0 Å². The SMILES string of the molecule is CCc1nn2c(C#N)c(-c3ccc(OC)c(C)c3)nc2s1. The minimum atomic E-state index is 0.477. The first-order valence-corrected chi connectivity index (χ1v) is 7.43. The highest BCUT2D eigenvalue weighted by molar-refractivity contribution is 7.16. The van der Waals surface area contributed by atoms with Gasteiger partial charge >= 0.3 is 0 Å². The second-order valence-corrected chi connectivity index (χ2v) is 5.69. The molecule has 0 N–H and O–H groups in total. The van der Waals surface area contributed by atoms with E-state index in [2.05, 4.69) is 16.2 Å². The van der Waals surface area contributed by atoms with E-state index in [-0.39, 0.29) is 0 Å². The molecule has 0 spiro atoms. The second kappa shape index (κ2) is 5.19. The highest BCUT2D eigenvalue weighted by Crippen LogP contribution is 2.29. The topological polar surface area (TPSA) is 63.2 Å². The number of imidazole rings is 1. The molecule has 0 atom stereocenters. The maximum Gasteiger partial charge on any atom is 0.214 e. The molecule has 2 aromatic heterocycles. The van der Waals surface area contributed by atoms with Crippen LogP contribution >= 0.6 is 11.3 Å². The molecule has 106 valence electrons. The number of nitriles is 1. The maximum absolute atomic E-state index is 9.45. The van der Waals surface area contributed by atoms with Gasteiger partial charge in [0.05, 0.1) is 7.11 Å². The number of methoxy groups -OCH3 is 1. The zero-order valence-electron chi connectivity index (χ0n) is 12.0. The summed E-state index contributed by atoms with van der Waals surface area (Å²) in [6.07, 6.45) is 0.843. The fourth-order valence-corrected chi connectivity index (χ4v) is 3.09. The van der Waals surface area contributed by atoms with Gasteiger partial charge in [-0.05, 0) is 37.1 Å². The van der Waals surface area contributed by atoms with E-state index >= 15 is 0 Å². The first-order chi connectivity index (χ1) is 10.2. The van der Waals surface area contributed by atoms with Gasteiger partial charge in [0.15, 0.2) is 5.69 Å². The Morgan fingerprint density at radius 2 is 2.24 bits per heavy atom. The average molecular weight is 298 g/mol. The molecular weight excluding hydrogens is 284 g/mol. The van der Waals surface area contributed by atoms with Crippen LogP contribution in [-0.4, -0.2) is 21.7 Å². The van der Waals surface area contributed by atoms with Crippen molar-refractivity contribution in [1.82, 2.24) is 14.6 Å². The number of ether oxygens (including phenoxy) is 1. The molecule has 0 aliphatic carbocycles. The van der Waals surface area contributed by atoms with E-state index in [9.17, 15) is 5.26 Å². The molecule has 0 unspecified atom stereocenters. The number of hydrogen-bond acceptors (Lipinski definition) is 5. The molecule has 5 nitrogen and oxygen atoms in total. The van der Waals surface area contributed by atoms with Crippen LogP contribution in [0.3, 0.4) is 0 Å². The van der Waals surface area contributed by atoms with E-state index in [1.54, 1.807) is 11.6 Å². The van der Waals surface area contributed by atoms with Gasteiger partial charge in [-0.3, -0.25) is 0 Å². The summed E-state index contributed by atoms with van der Waals surface area (Å²) in [6.45, 7) is 4.01. The van der Waals surface area contributed by atoms with Crippen LogP contribution in [0.5, 0.6) is 5.75 Å². The Balaban J connectivity index is 2.18. The van der Waals surface area contributed by atoms with Gasteiger partial charge in [-0.1, -0.05) is 18.3 Å². The van der Waals surface area contributed by atoms with Crippen molar-refractivity contribution in [3.05, 3.63) is 34.5 Å². The summed E-state index contributed by atoms with van der Waals surface area (Å²) in [4.78, 5) is 5.33. The van der Waals surface area contributed by atoms with Crippen molar-refractivity contribution in [2.45, 2.75) is 20.3 Å². The molecule has 3 aromatic rings. The van der Waals surface area contributed by atoms with Gasteiger partial charge in [0.1, 0.15) is 22.5 Å². The number of aryl methyl sites for hydroxylation is 2. The van der Waals surface area contributed by atoms with E-state index in [0.717, 1.165) is 33.3 Å². The van der Waals surface area contributed by atoms with Crippen LogP contribution in [-0.2, 0) is 6.42 Å². The molecule has 6 heteroatoms. The average Bonchev–Trinajstić information content (AvgIpc) is 3.03. The smallest absolute Gasteiger partial charge is 0.214 e. The third-order valence-corrected chi connectivity index (χ3v) is 4.37. The van der Waals surface area contributed by atoms with Crippen LogP contribution in [0.15, 0.2) is 18.2 Å². The fraction of sp³-hybridized carbons (Fsp3) is 0.267. The summed E-state index contributed by atoms with van der Waals surface area (Å²) >= 11 is 1.52. The van der Waals surface area contributed by atoms with Gasteiger partial charge in [0, 0.05) is 5.56 Å². The molecule has 3 rings (SSSR count). The number of benzene rings is 1. The van der Waals surface area contributed by atoms with Crippen LogP contribution in [0.1, 0.15) is 23.2 Å². The molecular formula is C15H14N4OS. The Hall–Kier alpha value is -2.39. The van der Waals surface area contributed by atoms with Crippen LogP contribution < -0.4 is 4.74 Å². The Bertz CT molecular complexity index is 857. The van der Waals surface area contributed by atoms with Crippen LogP contribution in [0.4, 0.5) is 0 Å². The molecule has 1 aromatic carbocycles. The Labute approximate surface area is 126 Å². The lowest BCUT2D eigenvalue weighted by Crippen LogP contribution is -1.93. The molecule has 0 saturated heterocycles. The normalized spacial score (nSPS) is 10.8. The van der Waals surface area contributed by atoms with Crippen molar-refractivity contribution in [2.24, 2.45) is 0 Å². The van der Waals surface area contributed by atoms with Crippen molar-refractivity contribution in [3.63, 3.8) is 0 Å². The van der Waals surface area contributed by atoms with Crippen molar-refractivity contribution < 1.29 is 4.74 Å². The van der Waals surface area contributed by atoms with Crippen LogP contribution in [0.25, 0.3) is 16.2 Å². The Morgan fingerprint density at radius 1 is 1.43 bits per heavy atom. The highest BCUT2D eigenvalue weighted by Gasteiger charge is 2.18. The lowest BCUT2D eigenvalue weighted by atomic mass is 10.1. The summed E-state index contributed by atoms with van der Waals surface area (Å²) in [5.74, 6) is 0.824. The van der Waals surface area contributed by atoms with Crippen LogP contribution in [0, 0.1) is 18.3 Å². The summed E-state index contributed by atoms with van der Waals surface area (Å²) in [5.41, 5.74) is 3.06. The quantitative estimate of drug-likeness (QED) is 0.745. The number of nitrogens with zero attached hydrogens (tertiary/aromatic N) is 4. The maximum atomic E-state index is 9.45. The number of aromatic nitrogens is 3. The van der Waals surface area contributed by atoms with Crippen molar-refractivity contribution in [3.8, 4) is 23.1 Å². The highest BCUT2D eigenvalue weighted by atomic mass is 32.1. The molecule has 2 heterocycles. The predicted molar refractivity (Wildman–Crippen MR) is 81.7 cm³/mol. The molecule has 0 bridgehead atoms. The molecule has 0 saturated carbocycles. The summed E-state index contributed by atoms with van der Waals surface area (Å²) in [5, 5.41) is 14.9. The Kier molecular flexibility index (Phi) is 3.35. The summed E-state index contributed by atoms with van der Waals surface area (Å²) in [6, 6.07) is 8.00. The molecule has 0 fully saturated rings. The summed E-state index contributed by atoms with van der Waals surface area (Å²) in [7, 11) is 1.64.